The Bertz CT molecular complexity index is 559. The van der Waals surface area contributed by atoms with Gasteiger partial charge >= 0.3 is 7.12 Å². The molecular formula is C16H23BClNO3. The summed E-state index contributed by atoms with van der Waals surface area (Å²) in [7, 11) is 1.31. The lowest BCUT2D eigenvalue weighted by Crippen LogP contribution is -2.41. The van der Waals surface area contributed by atoms with Gasteiger partial charge in [0.2, 0.25) is 0 Å². The van der Waals surface area contributed by atoms with Crippen molar-refractivity contribution >= 4 is 36.2 Å². The van der Waals surface area contributed by atoms with E-state index in [2.05, 4.69) is 5.32 Å². The third-order valence-electron chi connectivity index (χ3n) is 4.57. The highest BCUT2D eigenvalue weighted by Crippen LogP contribution is 2.38. The summed E-state index contributed by atoms with van der Waals surface area (Å²) in [6.45, 7) is 8.03. The highest BCUT2D eigenvalue weighted by molar-refractivity contribution is 6.66. The van der Waals surface area contributed by atoms with Gasteiger partial charge in [-0.1, -0.05) is 11.6 Å². The molecule has 1 N–H and O–H groups in total. The van der Waals surface area contributed by atoms with E-state index >= 15 is 0 Å². The van der Waals surface area contributed by atoms with E-state index in [0.29, 0.717) is 17.9 Å². The molecule has 1 aliphatic heterocycles. The maximum Gasteiger partial charge on any atom is 0.496 e. The van der Waals surface area contributed by atoms with Crippen molar-refractivity contribution < 1.29 is 14.1 Å². The molecule has 0 radical (unpaired) electrons. The van der Waals surface area contributed by atoms with Crippen LogP contribution in [0.1, 0.15) is 39.7 Å². The summed E-state index contributed by atoms with van der Waals surface area (Å²) in [6.07, 6.45) is 1.94. The zero-order chi connectivity index (χ0) is 16.5. The fraction of sp³-hybridized carbons (Fsp3) is 0.562. The molecule has 0 bridgehead atoms. The minimum absolute atomic E-state index is 0.432. The summed E-state index contributed by atoms with van der Waals surface area (Å²) in [4.78, 5) is 10.8. The van der Waals surface area contributed by atoms with Crippen molar-refractivity contribution in [2.45, 2.75) is 51.7 Å². The van der Waals surface area contributed by atoms with Crippen LogP contribution < -0.4 is 10.8 Å². The minimum Gasteiger partial charge on any atom is -0.399 e. The van der Waals surface area contributed by atoms with Gasteiger partial charge in [0.15, 0.2) is 0 Å². The van der Waals surface area contributed by atoms with E-state index in [1.54, 1.807) is 0 Å². The van der Waals surface area contributed by atoms with E-state index in [9.17, 15) is 4.79 Å². The highest BCUT2D eigenvalue weighted by Gasteiger charge is 2.52. The molecule has 6 heteroatoms. The van der Waals surface area contributed by atoms with Crippen LogP contribution in [0.15, 0.2) is 12.1 Å². The molecule has 0 aliphatic carbocycles. The predicted octanol–water partition coefficient (Wildman–Crippen LogP) is 2.81. The van der Waals surface area contributed by atoms with E-state index in [1.807, 2.05) is 46.9 Å². The fourth-order valence-electron chi connectivity index (χ4n) is 2.56. The normalized spacial score (nSPS) is 19.3. The molecule has 1 heterocycles. The number of hydrogen-bond donors (Lipinski definition) is 1. The van der Waals surface area contributed by atoms with Crippen molar-refractivity contribution in [1.82, 2.24) is 0 Å². The summed E-state index contributed by atoms with van der Waals surface area (Å²) < 4.78 is 12.3. The molecule has 0 saturated carbocycles. The molecule has 120 valence electrons. The first-order chi connectivity index (χ1) is 10.2. The molecule has 1 saturated heterocycles. The molecule has 0 aromatic heterocycles. The summed E-state index contributed by atoms with van der Waals surface area (Å²) in [5, 5.41) is 3.75. The Balaban J connectivity index is 2.48. The van der Waals surface area contributed by atoms with Crippen LogP contribution in [0.2, 0.25) is 5.02 Å². The molecule has 0 unspecified atom stereocenters. The van der Waals surface area contributed by atoms with Crippen LogP contribution in [0.4, 0.5) is 5.69 Å². The number of benzene rings is 1. The fourth-order valence-corrected chi connectivity index (χ4v) is 2.82. The summed E-state index contributed by atoms with van der Waals surface area (Å²) in [5.74, 6) is 0. The first kappa shape index (κ1) is 17.3. The number of rotatable bonds is 5. The van der Waals surface area contributed by atoms with Gasteiger partial charge in [0.1, 0.15) is 6.29 Å². The van der Waals surface area contributed by atoms with Crippen molar-refractivity contribution in [3.63, 3.8) is 0 Å². The SMILES string of the molecule is CNc1ccc(Cl)c(B2OC(C)(C)C(C)(C)O2)c1CCC=O. The smallest absolute Gasteiger partial charge is 0.399 e. The van der Waals surface area contributed by atoms with Crippen LogP contribution in [-0.2, 0) is 20.5 Å². The second-order valence-electron chi connectivity index (χ2n) is 6.53. The lowest BCUT2D eigenvalue weighted by Gasteiger charge is -2.32. The Labute approximate surface area is 137 Å². The van der Waals surface area contributed by atoms with Gasteiger partial charge in [0.05, 0.1) is 11.2 Å². The van der Waals surface area contributed by atoms with E-state index in [1.165, 1.54) is 0 Å². The number of anilines is 1. The Morgan fingerprint density at radius 2 is 1.82 bits per heavy atom. The van der Waals surface area contributed by atoms with Crippen molar-refractivity contribution in [1.29, 1.82) is 0 Å². The third-order valence-corrected chi connectivity index (χ3v) is 4.90. The van der Waals surface area contributed by atoms with Crippen molar-refractivity contribution in [2.75, 3.05) is 12.4 Å². The molecule has 1 aliphatic rings. The summed E-state index contributed by atoms with van der Waals surface area (Å²) >= 11 is 6.43. The maximum atomic E-state index is 10.8. The van der Waals surface area contributed by atoms with Crippen molar-refractivity contribution in [3.8, 4) is 0 Å². The van der Waals surface area contributed by atoms with Gasteiger partial charge in [-0.05, 0) is 51.8 Å². The van der Waals surface area contributed by atoms with E-state index < -0.39 is 18.3 Å². The maximum absolute atomic E-state index is 10.8. The lowest BCUT2D eigenvalue weighted by molar-refractivity contribution is -0.107. The predicted molar refractivity (Wildman–Crippen MR) is 91.1 cm³/mol. The molecule has 22 heavy (non-hydrogen) atoms. The van der Waals surface area contributed by atoms with Gasteiger partial charge in [-0.25, -0.2) is 0 Å². The van der Waals surface area contributed by atoms with Crippen molar-refractivity contribution in [2.24, 2.45) is 0 Å². The zero-order valence-corrected chi connectivity index (χ0v) is 14.6. The van der Waals surface area contributed by atoms with Crippen LogP contribution in [0.25, 0.3) is 0 Å². The van der Waals surface area contributed by atoms with Gasteiger partial charge in [-0.3, -0.25) is 0 Å². The molecular weight excluding hydrogens is 300 g/mol. The van der Waals surface area contributed by atoms with E-state index in [4.69, 9.17) is 20.9 Å². The van der Waals surface area contributed by atoms with E-state index in [-0.39, 0.29) is 0 Å². The molecule has 1 aromatic carbocycles. The largest absolute Gasteiger partial charge is 0.496 e. The van der Waals surface area contributed by atoms with E-state index in [0.717, 1.165) is 23.0 Å². The van der Waals surface area contributed by atoms with Crippen LogP contribution in [0.5, 0.6) is 0 Å². The van der Waals surface area contributed by atoms with Crippen LogP contribution in [0, 0.1) is 0 Å². The van der Waals surface area contributed by atoms with Gasteiger partial charge in [0.25, 0.3) is 0 Å². The number of carbonyl (C=O) groups excluding carboxylic acids is 1. The molecule has 2 rings (SSSR count). The van der Waals surface area contributed by atoms with Crippen LogP contribution in [-0.4, -0.2) is 31.7 Å². The number of carbonyl (C=O) groups is 1. The van der Waals surface area contributed by atoms with Gasteiger partial charge < -0.3 is 19.4 Å². The van der Waals surface area contributed by atoms with Crippen LogP contribution >= 0.6 is 11.6 Å². The number of hydrogen-bond acceptors (Lipinski definition) is 4. The summed E-state index contributed by atoms with van der Waals surface area (Å²) in [5.41, 5.74) is 1.86. The average molecular weight is 324 g/mol. The molecule has 0 amide bonds. The van der Waals surface area contributed by atoms with Gasteiger partial charge in [-0.15, -0.1) is 0 Å². The summed E-state index contributed by atoms with van der Waals surface area (Å²) in [6, 6.07) is 3.75. The second-order valence-corrected chi connectivity index (χ2v) is 6.94. The number of aldehydes is 1. The Hall–Kier alpha value is -1.04. The first-order valence-electron chi connectivity index (χ1n) is 7.52. The molecule has 4 nitrogen and oxygen atoms in total. The standard InChI is InChI=1S/C16H23BClNO3/c1-15(2)16(3,4)22-17(21-15)14-11(7-6-10-20)13(19-5)9-8-12(14)18/h8-10,19H,6-7H2,1-5H3. The number of halogens is 1. The lowest BCUT2D eigenvalue weighted by atomic mass is 9.74. The van der Waals surface area contributed by atoms with Gasteiger partial charge in [-0.2, -0.15) is 0 Å². The Kier molecular flexibility index (Phi) is 4.90. The van der Waals surface area contributed by atoms with Crippen LogP contribution in [0.3, 0.4) is 0 Å². The second kappa shape index (κ2) is 6.22. The zero-order valence-electron chi connectivity index (χ0n) is 13.8. The third kappa shape index (κ3) is 3.03. The Morgan fingerprint density at radius 1 is 1.23 bits per heavy atom. The molecule has 1 aromatic rings. The van der Waals surface area contributed by atoms with Gasteiger partial charge in [0, 0.05) is 29.6 Å². The topological polar surface area (TPSA) is 47.6 Å². The monoisotopic (exact) mass is 323 g/mol. The molecule has 0 atom stereocenters. The average Bonchev–Trinajstić information content (AvgIpc) is 2.64. The highest BCUT2D eigenvalue weighted by atomic mass is 35.5. The first-order valence-corrected chi connectivity index (χ1v) is 7.89. The molecule has 0 spiro atoms. The Morgan fingerprint density at radius 3 is 2.32 bits per heavy atom. The molecule has 1 fully saturated rings. The van der Waals surface area contributed by atoms with Crippen molar-refractivity contribution in [3.05, 3.63) is 22.7 Å². The number of nitrogens with one attached hydrogen (secondary N) is 1. The minimum atomic E-state index is -0.535. The quantitative estimate of drug-likeness (QED) is 0.668.